The topological polar surface area (TPSA) is 87.2 Å². The van der Waals surface area contributed by atoms with Gasteiger partial charge in [0, 0.05) is 37.4 Å². The first-order valence-electron chi connectivity index (χ1n) is 9.48. The molecule has 2 amide bonds. The van der Waals surface area contributed by atoms with Crippen molar-refractivity contribution in [3.05, 3.63) is 35.4 Å². The van der Waals surface area contributed by atoms with Gasteiger partial charge in [-0.1, -0.05) is 18.2 Å². The number of carboxylic acids is 1. The first kappa shape index (κ1) is 18.0. The molecule has 2 heterocycles. The minimum atomic E-state index is -1.06. The number of carbonyl (C=O) groups is 3. The maximum absolute atomic E-state index is 13.3. The van der Waals surface area contributed by atoms with Crippen molar-refractivity contribution in [2.45, 2.75) is 44.4 Å². The summed E-state index contributed by atoms with van der Waals surface area (Å²) in [6, 6.07) is 6.16. The Morgan fingerprint density at radius 2 is 1.81 bits per heavy atom. The van der Waals surface area contributed by atoms with Crippen LogP contribution in [0.2, 0.25) is 0 Å². The molecule has 0 radical (unpaired) electrons. The number of hydrogen-bond donors (Lipinski definition) is 1. The highest BCUT2D eigenvalue weighted by Gasteiger charge is 2.54. The fourth-order valence-corrected chi connectivity index (χ4v) is 4.16. The normalized spacial score (nSPS) is 24.3. The molecular weight excluding hydrogens is 348 g/mol. The molecule has 2 aliphatic heterocycles. The Labute approximate surface area is 157 Å². The van der Waals surface area contributed by atoms with E-state index >= 15 is 0 Å². The van der Waals surface area contributed by atoms with E-state index in [0.29, 0.717) is 31.5 Å². The summed E-state index contributed by atoms with van der Waals surface area (Å²) in [6.07, 6.45) is 2.78. The summed E-state index contributed by atoms with van der Waals surface area (Å²) in [5.74, 6) is -1.06. The SMILES string of the molecule is Cc1ccccc1C(=O)N1[C@@H](C(=O)O)COC12CCN(C(=O)C1CC1)CC2. The Hall–Kier alpha value is -2.41. The average molecular weight is 372 g/mol. The minimum Gasteiger partial charge on any atom is -0.480 e. The van der Waals surface area contributed by atoms with E-state index in [1.54, 1.807) is 12.1 Å². The Morgan fingerprint density at radius 1 is 1.15 bits per heavy atom. The van der Waals surface area contributed by atoms with Gasteiger partial charge in [0.05, 0.1) is 6.61 Å². The lowest BCUT2D eigenvalue weighted by Gasteiger charge is -2.44. The molecule has 144 valence electrons. The lowest BCUT2D eigenvalue weighted by Crippen LogP contribution is -2.59. The van der Waals surface area contributed by atoms with Crippen molar-refractivity contribution in [3.63, 3.8) is 0 Å². The molecule has 1 atom stereocenters. The third-order valence-electron chi connectivity index (χ3n) is 5.92. The van der Waals surface area contributed by atoms with E-state index < -0.39 is 17.7 Å². The molecule has 1 N–H and O–H groups in total. The molecule has 27 heavy (non-hydrogen) atoms. The molecule has 7 nitrogen and oxygen atoms in total. The Morgan fingerprint density at radius 3 is 2.41 bits per heavy atom. The monoisotopic (exact) mass is 372 g/mol. The highest BCUT2D eigenvalue weighted by atomic mass is 16.5. The lowest BCUT2D eigenvalue weighted by molar-refractivity contribution is -0.148. The van der Waals surface area contributed by atoms with Crippen LogP contribution >= 0.6 is 0 Å². The van der Waals surface area contributed by atoms with Crippen molar-refractivity contribution in [2.24, 2.45) is 5.92 Å². The second-order valence-electron chi connectivity index (χ2n) is 7.70. The summed E-state index contributed by atoms with van der Waals surface area (Å²) in [7, 11) is 0. The van der Waals surface area contributed by atoms with E-state index in [1.807, 2.05) is 24.0 Å². The zero-order chi connectivity index (χ0) is 19.2. The van der Waals surface area contributed by atoms with Gasteiger partial charge in [-0.25, -0.2) is 4.79 Å². The van der Waals surface area contributed by atoms with Crippen molar-refractivity contribution in [3.8, 4) is 0 Å². The predicted molar refractivity (Wildman–Crippen MR) is 96.0 cm³/mol. The first-order valence-corrected chi connectivity index (χ1v) is 9.48. The van der Waals surface area contributed by atoms with Crippen molar-refractivity contribution >= 4 is 17.8 Å². The van der Waals surface area contributed by atoms with Gasteiger partial charge in [-0.05, 0) is 31.4 Å². The molecule has 3 aliphatic rings. The summed E-state index contributed by atoms with van der Waals surface area (Å²) in [5.41, 5.74) is 0.336. The summed E-state index contributed by atoms with van der Waals surface area (Å²) >= 11 is 0. The number of piperidine rings is 1. The van der Waals surface area contributed by atoms with Crippen molar-refractivity contribution in [1.29, 1.82) is 0 Å². The number of benzene rings is 1. The van der Waals surface area contributed by atoms with Crippen LogP contribution in [0.1, 0.15) is 41.6 Å². The quantitative estimate of drug-likeness (QED) is 0.872. The second-order valence-corrected chi connectivity index (χ2v) is 7.70. The Balaban J connectivity index is 1.60. The van der Waals surface area contributed by atoms with Gasteiger partial charge in [0.2, 0.25) is 5.91 Å². The van der Waals surface area contributed by atoms with Gasteiger partial charge < -0.3 is 14.7 Å². The number of ether oxygens (including phenoxy) is 1. The lowest BCUT2D eigenvalue weighted by atomic mass is 9.95. The van der Waals surface area contributed by atoms with Crippen LogP contribution in [0.15, 0.2) is 24.3 Å². The molecule has 1 spiro atoms. The van der Waals surface area contributed by atoms with Crippen LogP contribution in [0.25, 0.3) is 0 Å². The van der Waals surface area contributed by atoms with Crippen LogP contribution in [0.4, 0.5) is 0 Å². The second kappa shape index (κ2) is 6.64. The van der Waals surface area contributed by atoms with E-state index in [4.69, 9.17) is 4.74 Å². The molecule has 1 aromatic carbocycles. The third kappa shape index (κ3) is 3.10. The zero-order valence-electron chi connectivity index (χ0n) is 15.4. The summed E-state index contributed by atoms with van der Waals surface area (Å²) in [4.78, 5) is 40.7. The first-order chi connectivity index (χ1) is 12.9. The third-order valence-corrected chi connectivity index (χ3v) is 5.92. The molecule has 1 saturated carbocycles. The van der Waals surface area contributed by atoms with Crippen molar-refractivity contribution < 1.29 is 24.2 Å². The molecule has 1 aromatic rings. The Kier molecular flexibility index (Phi) is 4.42. The van der Waals surface area contributed by atoms with Crippen LogP contribution in [-0.2, 0) is 14.3 Å². The molecule has 4 rings (SSSR count). The molecule has 0 unspecified atom stereocenters. The van der Waals surface area contributed by atoms with E-state index in [2.05, 4.69) is 0 Å². The van der Waals surface area contributed by atoms with Crippen LogP contribution in [-0.4, -0.2) is 64.2 Å². The summed E-state index contributed by atoms with van der Waals surface area (Å²) in [6.45, 7) is 2.78. The van der Waals surface area contributed by atoms with E-state index in [-0.39, 0.29) is 24.3 Å². The average Bonchev–Trinajstić information content (AvgIpc) is 3.44. The van der Waals surface area contributed by atoms with Gasteiger partial charge in [-0.2, -0.15) is 0 Å². The van der Waals surface area contributed by atoms with Gasteiger partial charge in [0.1, 0.15) is 5.72 Å². The number of carbonyl (C=O) groups excluding carboxylic acids is 2. The number of aryl methyl sites for hydroxylation is 1. The number of carboxylic acid groups (broad SMARTS) is 1. The molecule has 7 heteroatoms. The number of aliphatic carboxylic acids is 1. The van der Waals surface area contributed by atoms with Gasteiger partial charge in [0.25, 0.3) is 5.91 Å². The van der Waals surface area contributed by atoms with E-state index in [1.165, 1.54) is 4.90 Å². The van der Waals surface area contributed by atoms with Gasteiger partial charge in [-0.15, -0.1) is 0 Å². The van der Waals surface area contributed by atoms with Crippen molar-refractivity contribution in [1.82, 2.24) is 9.80 Å². The fourth-order valence-electron chi connectivity index (χ4n) is 4.16. The molecule has 0 bridgehead atoms. The smallest absolute Gasteiger partial charge is 0.328 e. The Bertz CT molecular complexity index is 780. The van der Waals surface area contributed by atoms with Gasteiger partial charge in [0.15, 0.2) is 6.04 Å². The molecular formula is C20H24N2O5. The zero-order valence-corrected chi connectivity index (χ0v) is 15.4. The van der Waals surface area contributed by atoms with Gasteiger partial charge in [-0.3, -0.25) is 14.5 Å². The number of nitrogens with zero attached hydrogens (tertiary/aromatic N) is 2. The predicted octanol–water partition coefficient (Wildman–Crippen LogP) is 1.65. The van der Waals surface area contributed by atoms with Crippen LogP contribution in [0.3, 0.4) is 0 Å². The van der Waals surface area contributed by atoms with Crippen LogP contribution in [0.5, 0.6) is 0 Å². The number of rotatable bonds is 3. The number of likely N-dealkylation sites (tertiary alicyclic amines) is 1. The fraction of sp³-hybridized carbons (Fsp3) is 0.550. The molecule has 0 aromatic heterocycles. The minimum absolute atomic E-state index is 0.0243. The molecule has 1 aliphatic carbocycles. The molecule has 3 fully saturated rings. The van der Waals surface area contributed by atoms with E-state index in [0.717, 1.165) is 18.4 Å². The van der Waals surface area contributed by atoms with Crippen LogP contribution in [0, 0.1) is 12.8 Å². The maximum atomic E-state index is 13.3. The highest BCUT2D eigenvalue weighted by Crippen LogP contribution is 2.40. The molecule has 2 saturated heterocycles. The number of hydrogen-bond acceptors (Lipinski definition) is 4. The summed E-state index contributed by atoms with van der Waals surface area (Å²) in [5, 5.41) is 9.65. The summed E-state index contributed by atoms with van der Waals surface area (Å²) < 4.78 is 5.94. The highest BCUT2D eigenvalue weighted by molar-refractivity contribution is 5.98. The van der Waals surface area contributed by atoms with E-state index in [9.17, 15) is 19.5 Å². The maximum Gasteiger partial charge on any atom is 0.328 e. The van der Waals surface area contributed by atoms with Crippen molar-refractivity contribution in [2.75, 3.05) is 19.7 Å². The largest absolute Gasteiger partial charge is 0.480 e. The number of amides is 2. The van der Waals surface area contributed by atoms with Gasteiger partial charge >= 0.3 is 5.97 Å². The van der Waals surface area contributed by atoms with Crippen LogP contribution < -0.4 is 0 Å². The standard InChI is InChI=1S/C20H24N2O5/c1-13-4-2-3-5-15(13)18(24)22-16(19(25)26)12-27-20(22)8-10-21(11-9-20)17(23)14-6-7-14/h2-5,14,16H,6-12H2,1H3,(H,25,26)/t16-/m1/s1.